The molecule has 5 nitrogen and oxygen atoms in total. The van der Waals surface area contributed by atoms with E-state index in [9.17, 15) is 4.79 Å². The molecule has 0 N–H and O–H groups in total. The monoisotopic (exact) mass is 386 g/mol. The highest BCUT2D eigenvalue weighted by Gasteiger charge is 2.28. The standard InChI is InChI=1S/C19H19ClN4OS/c20-16-5-1-3-14(9-16)19(25)24-7-2-4-15(10-24)18-21-6-8-23(18)11-17-12-26-13-22-17/h1,3,5-6,8-9,12-13,15H,2,4,7,10-11H2. The maximum absolute atomic E-state index is 12.8. The van der Waals surface area contributed by atoms with Crippen LogP contribution in [0.5, 0.6) is 0 Å². The smallest absolute Gasteiger partial charge is 0.253 e. The highest BCUT2D eigenvalue weighted by molar-refractivity contribution is 7.07. The van der Waals surface area contributed by atoms with Gasteiger partial charge in [0.15, 0.2) is 0 Å². The number of thiazole rings is 1. The molecule has 0 aliphatic carbocycles. The van der Waals surface area contributed by atoms with Crippen LogP contribution in [-0.2, 0) is 6.54 Å². The van der Waals surface area contributed by atoms with Crippen LogP contribution in [0.15, 0.2) is 47.5 Å². The number of halogens is 1. The number of hydrogen-bond acceptors (Lipinski definition) is 4. The van der Waals surface area contributed by atoms with Gasteiger partial charge in [-0.05, 0) is 31.0 Å². The zero-order chi connectivity index (χ0) is 17.9. The first-order chi connectivity index (χ1) is 12.7. The number of rotatable bonds is 4. The predicted molar refractivity (Wildman–Crippen MR) is 103 cm³/mol. The number of benzene rings is 1. The van der Waals surface area contributed by atoms with Gasteiger partial charge in [0.05, 0.1) is 17.7 Å². The number of amides is 1. The van der Waals surface area contributed by atoms with Crippen molar-refractivity contribution >= 4 is 28.8 Å². The Hall–Kier alpha value is -2.18. The van der Waals surface area contributed by atoms with Gasteiger partial charge in [0.1, 0.15) is 5.82 Å². The normalized spacial score (nSPS) is 17.4. The molecule has 1 fully saturated rings. The average Bonchev–Trinajstić information content (AvgIpc) is 3.34. The van der Waals surface area contributed by atoms with Gasteiger partial charge in [0.2, 0.25) is 0 Å². The zero-order valence-corrected chi connectivity index (χ0v) is 15.8. The number of imidazole rings is 1. The summed E-state index contributed by atoms with van der Waals surface area (Å²) in [5, 5.41) is 2.64. The molecule has 3 aromatic rings. The quantitative estimate of drug-likeness (QED) is 0.679. The Morgan fingerprint density at radius 1 is 1.35 bits per heavy atom. The average molecular weight is 387 g/mol. The molecule has 0 radical (unpaired) electrons. The van der Waals surface area contributed by atoms with Gasteiger partial charge in [0.25, 0.3) is 5.91 Å². The van der Waals surface area contributed by atoms with Crippen molar-refractivity contribution in [2.24, 2.45) is 0 Å². The first-order valence-electron chi connectivity index (χ1n) is 8.63. The second kappa shape index (κ2) is 7.60. The third-order valence-corrected chi connectivity index (χ3v) is 5.58. The van der Waals surface area contributed by atoms with E-state index in [-0.39, 0.29) is 11.8 Å². The number of aromatic nitrogens is 3. The second-order valence-electron chi connectivity index (χ2n) is 6.49. The number of hydrogen-bond donors (Lipinski definition) is 0. The van der Waals surface area contributed by atoms with E-state index < -0.39 is 0 Å². The summed E-state index contributed by atoms with van der Waals surface area (Å²) in [5.41, 5.74) is 3.53. The van der Waals surface area contributed by atoms with E-state index in [1.165, 1.54) is 0 Å². The number of likely N-dealkylation sites (tertiary alicyclic amines) is 1. The molecule has 4 rings (SSSR count). The van der Waals surface area contributed by atoms with Gasteiger partial charge in [0, 0.05) is 47.4 Å². The first kappa shape index (κ1) is 17.2. The van der Waals surface area contributed by atoms with Gasteiger partial charge in [-0.2, -0.15) is 0 Å². The highest BCUT2D eigenvalue weighted by Crippen LogP contribution is 2.27. The lowest BCUT2D eigenvalue weighted by Crippen LogP contribution is -2.39. The van der Waals surface area contributed by atoms with Gasteiger partial charge in [-0.25, -0.2) is 9.97 Å². The molecule has 1 aliphatic rings. The van der Waals surface area contributed by atoms with E-state index in [2.05, 4.69) is 19.9 Å². The van der Waals surface area contributed by atoms with Gasteiger partial charge < -0.3 is 9.47 Å². The number of carbonyl (C=O) groups excluding carboxylic acids is 1. The fraction of sp³-hybridized carbons (Fsp3) is 0.316. The van der Waals surface area contributed by atoms with Gasteiger partial charge >= 0.3 is 0 Å². The summed E-state index contributed by atoms with van der Waals surface area (Å²) in [4.78, 5) is 23.7. The van der Waals surface area contributed by atoms with Crippen LogP contribution in [0.3, 0.4) is 0 Å². The van der Waals surface area contributed by atoms with E-state index in [1.54, 1.807) is 23.5 Å². The number of carbonyl (C=O) groups is 1. The lowest BCUT2D eigenvalue weighted by Gasteiger charge is -2.32. The lowest BCUT2D eigenvalue weighted by molar-refractivity contribution is 0.0703. The molecular weight excluding hydrogens is 368 g/mol. The van der Waals surface area contributed by atoms with Crippen molar-refractivity contribution in [2.75, 3.05) is 13.1 Å². The molecule has 26 heavy (non-hydrogen) atoms. The molecular formula is C19H19ClN4OS. The minimum Gasteiger partial charge on any atom is -0.338 e. The summed E-state index contributed by atoms with van der Waals surface area (Å²) in [6, 6.07) is 7.15. The zero-order valence-electron chi connectivity index (χ0n) is 14.2. The minimum absolute atomic E-state index is 0.0369. The molecule has 134 valence electrons. The summed E-state index contributed by atoms with van der Waals surface area (Å²) < 4.78 is 2.15. The SMILES string of the molecule is O=C(c1cccc(Cl)c1)N1CCCC(c2nccn2Cc2cscn2)C1. The van der Waals surface area contributed by atoms with Crippen LogP contribution in [0.25, 0.3) is 0 Å². The summed E-state index contributed by atoms with van der Waals surface area (Å²) in [6.45, 7) is 2.17. The fourth-order valence-corrected chi connectivity index (χ4v) is 4.22. The molecule has 1 atom stereocenters. The Morgan fingerprint density at radius 3 is 3.08 bits per heavy atom. The molecule has 1 aliphatic heterocycles. The van der Waals surface area contributed by atoms with E-state index in [0.29, 0.717) is 17.1 Å². The molecule has 1 saturated heterocycles. The Labute approximate surface area is 161 Å². The van der Waals surface area contributed by atoms with E-state index in [4.69, 9.17) is 11.6 Å². The Balaban J connectivity index is 1.51. The topological polar surface area (TPSA) is 51.0 Å². The Kier molecular flexibility index (Phi) is 5.04. The Morgan fingerprint density at radius 2 is 2.27 bits per heavy atom. The molecule has 1 amide bonds. The molecule has 0 bridgehead atoms. The highest BCUT2D eigenvalue weighted by atomic mass is 35.5. The van der Waals surface area contributed by atoms with E-state index >= 15 is 0 Å². The van der Waals surface area contributed by atoms with Crippen LogP contribution in [0.1, 0.15) is 40.6 Å². The van der Waals surface area contributed by atoms with E-state index in [1.807, 2.05) is 34.9 Å². The summed E-state index contributed by atoms with van der Waals surface area (Å²) in [6.07, 6.45) is 5.83. The molecule has 1 unspecified atom stereocenters. The first-order valence-corrected chi connectivity index (χ1v) is 9.96. The summed E-state index contributed by atoms with van der Waals surface area (Å²) in [5.74, 6) is 1.30. The lowest BCUT2D eigenvalue weighted by atomic mass is 9.96. The van der Waals surface area contributed by atoms with Crippen molar-refractivity contribution in [3.8, 4) is 0 Å². The largest absolute Gasteiger partial charge is 0.338 e. The van der Waals surface area contributed by atoms with Crippen molar-refractivity contribution in [2.45, 2.75) is 25.3 Å². The van der Waals surface area contributed by atoms with Crippen molar-refractivity contribution in [3.05, 3.63) is 69.7 Å². The minimum atomic E-state index is 0.0369. The van der Waals surface area contributed by atoms with Crippen molar-refractivity contribution in [3.63, 3.8) is 0 Å². The van der Waals surface area contributed by atoms with Crippen molar-refractivity contribution in [1.29, 1.82) is 0 Å². The van der Waals surface area contributed by atoms with Crippen LogP contribution < -0.4 is 0 Å². The van der Waals surface area contributed by atoms with Crippen LogP contribution in [-0.4, -0.2) is 38.4 Å². The van der Waals surface area contributed by atoms with Crippen molar-refractivity contribution < 1.29 is 4.79 Å². The molecule has 2 aromatic heterocycles. The maximum atomic E-state index is 12.8. The van der Waals surface area contributed by atoms with Crippen molar-refractivity contribution in [1.82, 2.24) is 19.4 Å². The molecule has 0 saturated carbocycles. The van der Waals surface area contributed by atoms with Crippen LogP contribution >= 0.6 is 22.9 Å². The van der Waals surface area contributed by atoms with Crippen LogP contribution in [0.2, 0.25) is 5.02 Å². The third-order valence-electron chi connectivity index (χ3n) is 4.71. The van der Waals surface area contributed by atoms with E-state index in [0.717, 1.165) is 37.4 Å². The number of nitrogens with zero attached hydrogens (tertiary/aromatic N) is 4. The summed E-state index contributed by atoms with van der Waals surface area (Å²) >= 11 is 7.63. The maximum Gasteiger partial charge on any atom is 0.253 e. The van der Waals surface area contributed by atoms with Crippen LogP contribution in [0.4, 0.5) is 0 Å². The van der Waals surface area contributed by atoms with Gasteiger partial charge in [-0.1, -0.05) is 17.7 Å². The molecule has 7 heteroatoms. The molecule has 3 heterocycles. The summed E-state index contributed by atoms with van der Waals surface area (Å²) in [7, 11) is 0. The molecule has 0 spiro atoms. The Bertz CT molecular complexity index is 893. The van der Waals surface area contributed by atoms with Crippen LogP contribution in [0, 0.1) is 0 Å². The van der Waals surface area contributed by atoms with Gasteiger partial charge in [-0.3, -0.25) is 4.79 Å². The number of piperidine rings is 1. The fourth-order valence-electron chi connectivity index (χ4n) is 3.48. The van der Waals surface area contributed by atoms with Gasteiger partial charge in [-0.15, -0.1) is 11.3 Å². The molecule has 1 aromatic carbocycles. The third kappa shape index (κ3) is 3.66. The second-order valence-corrected chi connectivity index (χ2v) is 7.65. The predicted octanol–water partition coefficient (Wildman–Crippen LogP) is 4.06.